The highest BCUT2D eigenvalue weighted by molar-refractivity contribution is 5.85. The summed E-state index contributed by atoms with van der Waals surface area (Å²) in [5.41, 5.74) is 6.59. The van der Waals surface area contributed by atoms with E-state index in [1.165, 1.54) is 49.2 Å². The second-order valence-corrected chi connectivity index (χ2v) is 7.15. The fourth-order valence-electron chi connectivity index (χ4n) is 4.61. The Labute approximate surface area is 168 Å². The largest absolute Gasteiger partial charge is 0.384 e. The number of rotatable bonds is 6. The zero-order valence-electron chi connectivity index (χ0n) is 15.5. The van der Waals surface area contributed by atoms with Crippen molar-refractivity contribution in [1.82, 2.24) is 10.1 Å². The lowest BCUT2D eigenvalue weighted by atomic mass is 9.78. The summed E-state index contributed by atoms with van der Waals surface area (Å²) in [4.78, 5) is 2.71. The molecule has 0 spiro atoms. The number of hydrogen-bond acceptors (Lipinski definition) is 4. The van der Waals surface area contributed by atoms with Crippen LogP contribution >= 0.6 is 24.8 Å². The molecule has 1 N–H and O–H groups in total. The van der Waals surface area contributed by atoms with Crippen molar-refractivity contribution < 1.29 is 4.52 Å². The van der Waals surface area contributed by atoms with Gasteiger partial charge in [0.1, 0.15) is 12.0 Å². The molecule has 144 valence electrons. The topological polar surface area (TPSA) is 41.3 Å². The maximum Gasteiger partial charge on any atom is 0.124 e. The Morgan fingerprint density at radius 1 is 1.15 bits per heavy atom. The summed E-state index contributed by atoms with van der Waals surface area (Å²) in [6.45, 7) is 8.05. The zero-order valence-corrected chi connectivity index (χ0v) is 17.2. The third-order valence-electron chi connectivity index (χ3n) is 5.55. The monoisotopic (exact) mass is 397 g/mol. The number of hydrogen-bond donors (Lipinski definition) is 1. The van der Waals surface area contributed by atoms with Crippen molar-refractivity contribution in [3.8, 4) is 11.3 Å². The molecule has 1 aromatic carbocycles. The number of aromatic nitrogens is 1. The van der Waals surface area contributed by atoms with Gasteiger partial charge in [0.2, 0.25) is 0 Å². The number of benzene rings is 1. The molecular weight excluding hydrogens is 369 g/mol. The SMILES string of the molecule is CCCN(CCC)[C@H]1Cc2c(-c3ccon3)ccc3c2[C@@H](CN3)C1.Cl.Cl. The van der Waals surface area contributed by atoms with Gasteiger partial charge in [-0.3, -0.25) is 0 Å². The highest BCUT2D eigenvalue weighted by Crippen LogP contribution is 2.45. The molecule has 0 saturated heterocycles. The summed E-state index contributed by atoms with van der Waals surface area (Å²) in [5, 5.41) is 7.82. The van der Waals surface area contributed by atoms with E-state index >= 15 is 0 Å². The standard InChI is InChI=1S/C20H27N3O.2ClH/c1-3-8-23(9-4-2)15-11-14-13-21-19-6-5-16(17(12-15)20(14)19)18-7-10-24-22-18;;/h5-7,10,14-15,21H,3-4,8-9,11-13H2,1-2H3;2*1H/t14-,15-;;/m1../s1. The molecule has 1 aromatic heterocycles. The van der Waals surface area contributed by atoms with Gasteiger partial charge in [-0.05, 0) is 56.0 Å². The molecule has 0 radical (unpaired) electrons. The van der Waals surface area contributed by atoms with Crippen LogP contribution in [0, 0.1) is 0 Å². The Balaban J connectivity index is 0.00000121. The molecular formula is C20H29Cl2N3O. The second kappa shape index (κ2) is 9.12. The molecule has 0 amide bonds. The number of nitrogens with one attached hydrogen (secondary N) is 1. The molecule has 0 unspecified atom stereocenters. The van der Waals surface area contributed by atoms with E-state index in [1.807, 2.05) is 6.07 Å². The molecule has 0 bridgehead atoms. The molecule has 4 nitrogen and oxygen atoms in total. The summed E-state index contributed by atoms with van der Waals surface area (Å²) < 4.78 is 5.11. The molecule has 1 aliphatic heterocycles. The highest BCUT2D eigenvalue weighted by Gasteiger charge is 2.36. The van der Waals surface area contributed by atoms with Crippen LogP contribution in [0.25, 0.3) is 11.3 Å². The van der Waals surface area contributed by atoms with Gasteiger partial charge in [-0.15, -0.1) is 24.8 Å². The Morgan fingerprint density at radius 3 is 2.58 bits per heavy atom. The summed E-state index contributed by atoms with van der Waals surface area (Å²) in [7, 11) is 0. The van der Waals surface area contributed by atoms with E-state index in [9.17, 15) is 0 Å². The Morgan fingerprint density at radius 2 is 1.92 bits per heavy atom. The lowest BCUT2D eigenvalue weighted by Gasteiger charge is -2.37. The number of anilines is 1. The van der Waals surface area contributed by atoms with Gasteiger partial charge in [-0.25, -0.2) is 0 Å². The van der Waals surface area contributed by atoms with Crippen LogP contribution in [0.5, 0.6) is 0 Å². The average molecular weight is 398 g/mol. The second-order valence-electron chi connectivity index (χ2n) is 7.15. The predicted molar refractivity (Wildman–Crippen MR) is 112 cm³/mol. The first-order valence-corrected chi connectivity index (χ1v) is 9.36. The Kier molecular flexibility index (Phi) is 7.39. The number of nitrogens with zero attached hydrogens (tertiary/aromatic N) is 2. The first kappa shape index (κ1) is 21.1. The molecule has 2 heterocycles. The zero-order chi connectivity index (χ0) is 16.5. The third-order valence-corrected chi connectivity index (χ3v) is 5.55. The van der Waals surface area contributed by atoms with Crippen molar-refractivity contribution in [2.24, 2.45) is 0 Å². The molecule has 1 aliphatic carbocycles. The van der Waals surface area contributed by atoms with Crippen LogP contribution in [0.15, 0.2) is 29.0 Å². The van der Waals surface area contributed by atoms with Gasteiger partial charge in [-0.2, -0.15) is 0 Å². The molecule has 6 heteroatoms. The van der Waals surface area contributed by atoms with E-state index in [0.29, 0.717) is 12.0 Å². The van der Waals surface area contributed by atoms with E-state index < -0.39 is 0 Å². The van der Waals surface area contributed by atoms with E-state index in [0.717, 1.165) is 18.7 Å². The minimum atomic E-state index is 0. The van der Waals surface area contributed by atoms with E-state index in [1.54, 1.807) is 11.8 Å². The van der Waals surface area contributed by atoms with E-state index in [-0.39, 0.29) is 24.8 Å². The van der Waals surface area contributed by atoms with Gasteiger partial charge in [0, 0.05) is 35.8 Å². The van der Waals surface area contributed by atoms with Crippen molar-refractivity contribution >= 4 is 30.5 Å². The van der Waals surface area contributed by atoms with Gasteiger partial charge in [0.15, 0.2) is 0 Å². The minimum absolute atomic E-state index is 0. The quantitative estimate of drug-likeness (QED) is 0.732. The fraction of sp³-hybridized carbons (Fsp3) is 0.550. The average Bonchev–Trinajstić information content (AvgIpc) is 3.26. The van der Waals surface area contributed by atoms with Crippen LogP contribution in [0.2, 0.25) is 0 Å². The van der Waals surface area contributed by atoms with E-state index in [4.69, 9.17) is 4.52 Å². The van der Waals surface area contributed by atoms with Crippen LogP contribution in [0.1, 0.15) is 50.2 Å². The Bertz CT molecular complexity index is 699. The third kappa shape index (κ3) is 3.73. The first-order valence-electron chi connectivity index (χ1n) is 9.36. The maximum absolute atomic E-state index is 5.11. The smallest absolute Gasteiger partial charge is 0.124 e. The normalized spacial score (nSPS) is 20.1. The summed E-state index contributed by atoms with van der Waals surface area (Å²) >= 11 is 0. The summed E-state index contributed by atoms with van der Waals surface area (Å²) in [6, 6.07) is 7.06. The minimum Gasteiger partial charge on any atom is -0.384 e. The predicted octanol–water partition coefficient (Wildman–Crippen LogP) is 5.13. The lowest BCUT2D eigenvalue weighted by Crippen LogP contribution is -2.41. The van der Waals surface area contributed by atoms with Gasteiger partial charge in [0.05, 0.1) is 0 Å². The summed E-state index contributed by atoms with van der Waals surface area (Å²) in [6.07, 6.45) is 6.52. The number of halogens is 2. The van der Waals surface area contributed by atoms with Crippen molar-refractivity contribution in [2.75, 3.05) is 25.0 Å². The molecule has 2 aliphatic rings. The molecule has 2 aromatic rings. The van der Waals surface area contributed by atoms with Crippen LogP contribution < -0.4 is 5.32 Å². The molecule has 0 saturated carbocycles. The lowest BCUT2D eigenvalue weighted by molar-refractivity contribution is 0.173. The van der Waals surface area contributed by atoms with E-state index in [2.05, 4.69) is 41.4 Å². The first-order chi connectivity index (χ1) is 11.8. The molecule has 2 atom stereocenters. The summed E-state index contributed by atoms with van der Waals surface area (Å²) in [5.74, 6) is 0.636. The van der Waals surface area contributed by atoms with Gasteiger partial charge in [-0.1, -0.05) is 25.1 Å². The van der Waals surface area contributed by atoms with Crippen molar-refractivity contribution in [1.29, 1.82) is 0 Å². The maximum atomic E-state index is 5.11. The van der Waals surface area contributed by atoms with Crippen LogP contribution in [-0.4, -0.2) is 35.7 Å². The Hall–Kier alpha value is -1.23. The van der Waals surface area contributed by atoms with Crippen LogP contribution in [0.4, 0.5) is 5.69 Å². The van der Waals surface area contributed by atoms with Crippen molar-refractivity contribution in [3.05, 3.63) is 35.6 Å². The van der Waals surface area contributed by atoms with Crippen molar-refractivity contribution in [2.45, 2.75) is 51.5 Å². The van der Waals surface area contributed by atoms with Crippen molar-refractivity contribution in [3.63, 3.8) is 0 Å². The molecule has 0 fully saturated rings. The highest BCUT2D eigenvalue weighted by atomic mass is 35.5. The van der Waals surface area contributed by atoms with Gasteiger partial charge < -0.3 is 14.7 Å². The van der Waals surface area contributed by atoms with Crippen LogP contribution in [0.3, 0.4) is 0 Å². The fourth-order valence-corrected chi connectivity index (χ4v) is 4.61. The van der Waals surface area contributed by atoms with Gasteiger partial charge >= 0.3 is 0 Å². The van der Waals surface area contributed by atoms with Gasteiger partial charge in [0.25, 0.3) is 0 Å². The van der Waals surface area contributed by atoms with Crippen LogP contribution in [-0.2, 0) is 6.42 Å². The molecule has 26 heavy (non-hydrogen) atoms. The molecule has 4 rings (SSSR count).